The highest BCUT2D eigenvalue weighted by atomic mass is 127. The molecule has 338 valence electrons. The van der Waals surface area contributed by atoms with Gasteiger partial charge in [-0.15, -0.1) is 0 Å². The Morgan fingerprint density at radius 2 is 0.357 bits per heavy atom. The van der Waals surface area contributed by atoms with Crippen LogP contribution in [-0.4, -0.2) is 176 Å². The Hall–Kier alpha value is 0.210. The van der Waals surface area contributed by atoms with Crippen molar-refractivity contribution in [1.29, 1.82) is 0 Å². The molecule has 0 aliphatic rings. The fourth-order valence-electron chi connectivity index (χ4n) is 5.08. The summed E-state index contributed by atoms with van der Waals surface area (Å²) in [6.07, 6.45) is 18.4. The van der Waals surface area contributed by atoms with Gasteiger partial charge in [0.25, 0.3) is 0 Å². The van der Waals surface area contributed by atoms with E-state index in [0.29, 0.717) is 159 Å². The summed E-state index contributed by atoms with van der Waals surface area (Å²) in [5.41, 5.74) is 0. The van der Waals surface area contributed by atoms with Gasteiger partial charge in [0.1, 0.15) is 0 Å². The maximum absolute atomic E-state index is 5.66. The largest absolute Gasteiger partial charge is 0.379 e. The van der Waals surface area contributed by atoms with Gasteiger partial charge in [-0.2, -0.15) is 0 Å². The summed E-state index contributed by atoms with van der Waals surface area (Å²) < 4.78 is 73.2. The highest BCUT2D eigenvalue weighted by Crippen LogP contribution is 2.10. The highest BCUT2D eigenvalue weighted by Gasteiger charge is 1.98. The fourth-order valence-corrected chi connectivity index (χ4v) is 5.62. The first-order valence-corrected chi connectivity index (χ1v) is 23.5. The first-order chi connectivity index (χ1) is 27.9. The second-order valence-electron chi connectivity index (χ2n) is 13.2. The normalized spacial score (nSPS) is 11.7. The molecular weight excluding hydrogens is 839 g/mol. The molecule has 0 radical (unpaired) electrons. The van der Waals surface area contributed by atoms with Gasteiger partial charge in [-0.1, -0.05) is 100 Å². The lowest BCUT2D eigenvalue weighted by Gasteiger charge is -2.09. The van der Waals surface area contributed by atoms with Gasteiger partial charge in [-0.3, -0.25) is 0 Å². The number of alkyl halides is 1. The van der Waals surface area contributed by atoms with E-state index in [1.54, 1.807) is 0 Å². The van der Waals surface area contributed by atoms with Crippen LogP contribution in [0.2, 0.25) is 0 Å². The molecule has 0 bridgehead atoms. The Labute approximate surface area is 355 Å². The molecule has 0 aromatic rings. The number of ether oxygens (including phenoxy) is 13. The molecule has 14 heteroatoms. The van der Waals surface area contributed by atoms with E-state index in [1.807, 2.05) is 0 Å². The van der Waals surface area contributed by atoms with Gasteiger partial charge in [-0.05, 0) is 23.7 Å². The standard InChI is InChI=1S/C42H85IO13/c1-2-3-4-5-6-7-8-9-11-14-17-44-19-21-46-23-25-48-27-29-50-31-33-52-35-37-54-39-41-56-42-40-55-38-36-53-34-32-51-30-28-49-26-24-47-22-20-45-18-15-12-10-13-16-43/h2-42H2,1H3. The summed E-state index contributed by atoms with van der Waals surface area (Å²) in [6.45, 7) is 17.1. The molecule has 0 aromatic carbocycles. The predicted octanol–water partition coefficient (Wildman–Crippen LogP) is 7.12. The van der Waals surface area contributed by atoms with Crippen molar-refractivity contribution in [3.8, 4) is 0 Å². The predicted molar refractivity (Wildman–Crippen MR) is 230 cm³/mol. The number of halogens is 1. The summed E-state index contributed by atoms with van der Waals surface area (Å²) in [7, 11) is 0. The maximum Gasteiger partial charge on any atom is 0.0701 e. The lowest BCUT2D eigenvalue weighted by Crippen LogP contribution is -2.15. The fraction of sp³-hybridized carbons (Fsp3) is 1.00. The molecule has 0 heterocycles. The molecule has 0 fully saturated rings. The third kappa shape index (κ3) is 54.2. The number of hydrogen-bond donors (Lipinski definition) is 0. The molecule has 0 unspecified atom stereocenters. The molecular formula is C42H85IO13. The van der Waals surface area contributed by atoms with Gasteiger partial charge in [0.15, 0.2) is 0 Å². The molecule has 0 saturated heterocycles. The van der Waals surface area contributed by atoms with Gasteiger partial charge in [0.05, 0.1) is 159 Å². The van der Waals surface area contributed by atoms with Crippen molar-refractivity contribution in [2.75, 3.05) is 176 Å². The minimum absolute atomic E-state index is 0.517. The summed E-state index contributed by atoms with van der Waals surface area (Å²) in [4.78, 5) is 0. The highest BCUT2D eigenvalue weighted by molar-refractivity contribution is 14.1. The third-order valence-electron chi connectivity index (χ3n) is 8.28. The van der Waals surface area contributed by atoms with E-state index in [4.69, 9.17) is 61.6 Å². The van der Waals surface area contributed by atoms with E-state index < -0.39 is 0 Å². The smallest absolute Gasteiger partial charge is 0.0701 e. The molecule has 0 aromatic heterocycles. The van der Waals surface area contributed by atoms with Crippen LogP contribution in [0, 0.1) is 0 Å². The zero-order valence-electron chi connectivity index (χ0n) is 35.7. The second kappa shape index (κ2) is 55.2. The first kappa shape index (κ1) is 56.2. The Morgan fingerprint density at radius 3 is 0.554 bits per heavy atom. The quantitative estimate of drug-likeness (QED) is 0.0351. The van der Waals surface area contributed by atoms with Crippen molar-refractivity contribution in [3.63, 3.8) is 0 Å². The van der Waals surface area contributed by atoms with E-state index in [0.717, 1.165) is 26.1 Å². The van der Waals surface area contributed by atoms with Gasteiger partial charge >= 0.3 is 0 Å². The van der Waals surface area contributed by atoms with Crippen LogP contribution in [0.1, 0.15) is 96.8 Å². The molecule has 0 atom stereocenters. The van der Waals surface area contributed by atoms with Crippen molar-refractivity contribution in [3.05, 3.63) is 0 Å². The minimum Gasteiger partial charge on any atom is -0.379 e. The van der Waals surface area contributed by atoms with Crippen LogP contribution in [0.3, 0.4) is 0 Å². The number of unbranched alkanes of at least 4 members (excludes halogenated alkanes) is 12. The van der Waals surface area contributed by atoms with Gasteiger partial charge < -0.3 is 61.6 Å². The summed E-state index contributed by atoms with van der Waals surface area (Å²) in [5.74, 6) is 0. The van der Waals surface area contributed by atoms with Crippen LogP contribution in [0.25, 0.3) is 0 Å². The van der Waals surface area contributed by atoms with Crippen LogP contribution >= 0.6 is 22.6 Å². The van der Waals surface area contributed by atoms with E-state index in [1.165, 1.54) is 81.5 Å². The number of rotatable bonds is 53. The summed E-state index contributed by atoms with van der Waals surface area (Å²) in [6, 6.07) is 0. The van der Waals surface area contributed by atoms with E-state index in [9.17, 15) is 0 Å². The van der Waals surface area contributed by atoms with Crippen molar-refractivity contribution >= 4 is 22.6 Å². The third-order valence-corrected chi connectivity index (χ3v) is 9.04. The van der Waals surface area contributed by atoms with Crippen LogP contribution in [0.5, 0.6) is 0 Å². The molecule has 0 rings (SSSR count). The Kier molecular flexibility index (Phi) is 55.4. The zero-order valence-corrected chi connectivity index (χ0v) is 37.8. The van der Waals surface area contributed by atoms with E-state index in [-0.39, 0.29) is 0 Å². The lowest BCUT2D eigenvalue weighted by molar-refractivity contribution is -0.0290. The van der Waals surface area contributed by atoms with Crippen molar-refractivity contribution in [1.82, 2.24) is 0 Å². The average molecular weight is 925 g/mol. The summed E-state index contributed by atoms with van der Waals surface area (Å²) in [5, 5.41) is 0. The van der Waals surface area contributed by atoms with Crippen LogP contribution in [0.15, 0.2) is 0 Å². The summed E-state index contributed by atoms with van der Waals surface area (Å²) >= 11 is 2.42. The van der Waals surface area contributed by atoms with Crippen molar-refractivity contribution in [2.24, 2.45) is 0 Å². The minimum atomic E-state index is 0.517. The SMILES string of the molecule is CCCCCCCCCCCCOCCOCCOCCOCCOCCOCCOCCOCCOCCOCCOCCOCCOCCCCCCI. The topological polar surface area (TPSA) is 120 Å². The Morgan fingerprint density at radius 1 is 0.196 bits per heavy atom. The zero-order chi connectivity index (χ0) is 40.2. The van der Waals surface area contributed by atoms with E-state index in [2.05, 4.69) is 29.5 Å². The second-order valence-corrected chi connectivity index (χ2v) is 14.3. The van der Waals surface area contributed by atoms with Crippen LogP contribution in [0.4, 0.5) is 0 Å². The average Bonchev–Trinajstić information content (AvgIpc) is 3.21. The molecule has 0 amide bonds. The molecule has 0 aliphatic heterocycles. The molecule has 0 saturated carbocycles. The molecule has 0 spiro atoms. The van der Waals surface area contributed by atoms with Crippen molar-refractivity contribution < 1.29 is 61.6 Å². The Balaban J connectivity index is 3.05. The number of hydrogen-bond acceptors (Lipinski definition) is 13. The van der Waals surface area contributed by atoms with Gasteiger partial charge in [-0.25, -0.2) is 0 Å². The van der Waals surface area contributed by atoms with E-state index >= 15 is 0 Å². The van der Waals surface area contributed by atoms with Gasteiger partial charge in [0, 0.05) is 13.2 Å². The van der Waals surface area contributed by atoms with Gasteiger partial charge in [0.2, 0.25) is 0 Å². The monoisotopic (exact) mass is 925 g/mol. The molecule has 0 aliphatic carbocycles. The van der Waals surface area contributed by atoms with Crippen molar-refractivity contribution in [2.45, 2.75) is 96.8 Å². The molecule has 13 nitrogen and oxygen atoms in total. The molecule has 56 heavy (non-hydrogen) atoms. The first-order valence-electron chi connectivity index (χ1n) is 22.0. The van der Waals surface area contributed by atoms with Crippen LogP contribution in [-0.2, 0) is 61.6 Å². The molecule has 0 N–H and O–H groups in total. The Bertz CT molecular complexity index is 618. The van der Waals surface area contributed by atoms with Crippen LogP contribution < -0.4 is 0 Å². The lowest BCUT2D eigenvalue weighted by atomic mass is 10.1. The maximum atomic E-state index is 5.66.